The number of hydrogen-bond acceptors (Lipinski definition) is 2. The lowest BCUT2D eigenvalue weighted by atomic mass is 9.70. The van der Waals surface area contributed by atoms with Crippen LogP contribution >= 0.6 is 0 Å². The minimum absolute atomic E-state index is 0.577. The number of fused-ring (bicyclic) bond motifs is 13. The molecular formula is C57H38N2. The molecule has 0 aromatic heterocycles. The summed E-state index contributed by atoms with van der Waals surface area (Å²) in [6.07, 6.45) is 0. The fourth-order valence-electron chi connectivity index (χ4n) is 10.3. The number of hydrogen-bond donors (Lipinski definition) is 0. The minimum Gasteiger partial charge on any atom is -0.310 e. The molecule has 2 aliphatic carbocycles. The van der Waals surface area contributed by atoms with Gasteiger partial charge >= 0.3 is 0 Å². The summed E-state index contributed by atoms with van der Waals surface area (Å²) in [5.74, 6) is 0. The largest absolute Gasteiger partial charge is 0.310 e. The molecule has 59 heavy (non-hydrogen) atoms. The Kier molecular flexibility index (Phi) is 7.48. The van der Waals surface area contributed by atoms with Crippen LogP contribution in [0, 0.1) is 0 Å². The Bertz CT molecular complexity index is 3180. The van der Waals surface area contributed by atoms with E-state index in [4.69, 9.17) is 0 Å². The number of nitrogens with zero attached hydrogens (tertiary/aromatic N) is 2. The summed E-state index contributed by atoms with van der Waals surface area (Å²) in [7, 11) is 0. The second-order valence-electron chi connectivity index (χ2n) is 15.6. The minimum atomic E-state index is -0.577. The van der Waals surface area contributed by atoms with Gasteiger partial charge in [0, 0.05) is 33.5 Å². The molecule has 0 fully saturated rings. The maximum absolute atomic E-state index is 2.52. The van der Waals surface area contributed by atoms with Crippen molar-refractivity contribution in [2.24, 2.45) is 0 Å². The Hall–Kier alpha value is -7.68. The lowest BCUT2D eigenvalue weighted by Gasteiger charge is -2.34. The Labute approximate surface area is 344 Å². The highest BCUT2D eigenvalue weighted by atomic mass is 15.1. The highest BCUT2D eigenvalue weighted by molar-refractivity contribution is 6.12. The zero-order valence-corrected chi connectivity index (χ0v) is 32.3. The van der Waals surface area contributed by atoms with Crippen molar-refractivity contribution in [3.8, 4) is 22.3 Å². The molecule has 0 amide bonds. The third-order valence-electron chi connectivity index (χ3n) is 12.6. The molecule has 10 aromatic carbocycles. The second-order valence-corrected chi connectivity index (χ2v) is 15.6. The van der Waals surface area contributed by atoms with Gasteiger partial charge in [0.15, 0.2) is 0 Å². The van der Waals surface area contributed by atoms with Gasteiger partial charge in [-0.2, -0.15) is 0 Å². The number of rotatable bonds is 6. The summed E-state index contributed by atoms with van der Waals surface area (Å²) in [5, 5.41) is 4.91. The van der Waals surface area contributed by atoms with Gasteiger partial charge in [0.05, 0.1) is 16.8 Å². The van der Waals surface area contributed by atoms with Gasteiger partial charge in [-0.3, -0.25) is 0 Å². The average Bonchev–Trinajstić information content (AvgIpc) is 3.77. The summed E-state index contributed by atoms with van der Waals surface area (Å²) < 4.78 is 0. The molecular weight excluding hydrogens is 713 g/mol. The highest BCUT2D eigenvalue weighted by Crippen LogP contribution is 2.65. The first-order chi connectivity index (χ1) is 29.3. The summed E-state index contributed by atoms with van der Waals surface area (Å²) in [6.45, 7) is 0. The van der Waals surface area contributed by atoms with Crippen molar-refractivity contribution in [1.82, 2.24) is 0 Å². The van der Waals surface area contributed by atoms with Gasteiger partial charge < -0.3 is 9.80 Å². The molecule has 2 heteroatoms. The van der Waals surface area contributed by atoms with Crippen LogP contribution in [0.1, 0.15) is 22.3 Å². The van der Waals surface area contributed by atoms with Crippen LogP contribution in [0.5, 0.6) is 0 Å². The lowest BCUT2D eigenvalue weighted by molar-refractivity contribution is 0.794. The maximum Gasteiger partial charge on any atom is 0.0727 e. The van der Waals surface area contributed by atoms with Gasteiger partial charge in [0.1, 0.15) is 0 Å². The highest BCUT2D eigenvalue weighted by Gasteiger charge is 2.52. The van der Waals surface area contributed by atoms with Crippen molar-refractivity contribution in [1.29, 1.82) is 0 Å². The van der Waals surface area contributed by atoms with Crippen LogP contribution in [0.2, 0.25) is 0 Å². The molecule has 1 spiro atoms. The van der Waals surface area contributed by atoms with Crippen molar-refractivity contribution in [3.05, 3.63) is 253 Å². The third kappa shape index (κ3) is 4.87. The molecule has 12 rings (SSSR count). The number of para-hydroxylation sites is 3. The van der Waals surface area contributed by atoms with E-state index in [-0.39, 0.29) is 0 Å². The quantitative estimate of drug-likeness (QED) is 0.167. The topological polar surface area (TPSA) is 6.48 Å². The van der Waals surface area contributed by atoms with Crippen LogP contribution in [0.15, 0.2) is 231 Å². The van der Waals surface area contributed by atoms with E-state index in [0.29, 0.717) is 0 Å². The molecule has 276 valence electrons. The van der Waals surface area contributed by atoms with Crippen LogP contribution < -0.4 is 9.80 Å². The normalized spacial score (nSPS) is 14.5. The Morgan fingerprint density at radius 1 is 0.271 bits per heavy atom. The number of anilines is 6. The van der Waals surface area contributed by atoms with Crippen molar-refractivity contribution in [3.63, 3.8) is 0 Å². The van der Waals surface area contributed by atoms with E-state index in [0.717, 1.165) is 34.1 Å². The molecule has 10 aromatic rings. The van der Waals surface area contributed by atoms with Gasteiger partial charge in [-0.1, -0.05) is 170 Å². The van der Waals surface area contributed by atoms with Crippen LogP contribution in [0.25, 0.3) is 43.8 Å². The van der Waals surface area contributed by atoms with E-state index < -0.39 is 5.41 Å². The van der Waals surface area contributed by atoms with E-state index in [1.54, 1.807) is 0 Å². The fourth-order valence-corrected chi connectivity index (χ4v) is 10.3. The Balaban J connectivity index is 1.19. The monoisotopic (exact) mass is 750 g/mol. The maximum atomic E-state index is 2.52. The number of benzene rings is 10. The molecule has 0 aliphatic heterocycles. The predicted octanol–water partition coefficient (Wildman–Crippen LogP) is 15.3. The summed E-state index contributed by atoms with van der Waals surface area (Å²) >= 11 is 0. The van der Waals surface area contributed by atoms with E-state index in [1.807, 2.05) is 0 Å². The first-order valence-corrected chi connectivity index (χ1v) is 20.4. The van der Waals surface area contributed by atoms with E-state index in [2.05, 4.69) is 240 Å². The van der Waals surface area contributed by atoms with Gasteiger partial charge in [0.25, 0.3) is 0 Å². The third-order valence-corrected chi connectivity index (χ3v) is 12.6. The first kappa shape index (κ1) is 33.5. The average molecular weight is 751 g/mol. The van der Waals surface area contributed by atoms with Gasteiger partial charge in [-0.15, -0.1) is 0 Å². The van der Waals surface area contributed by atoms with Crippen LogP contribution in [0.4, 0.5) is 34.1 Å². The molecule has 0 bridgehead atoms. The Morgan fingerprint density at radius 3 is 1.44 bits per heavy atom. The molecule has 1 atom stereocenters. The standard InChI is InChI=1S/C57H38N2/c1-4-21-40(22-5-1)58(41-23-6-2-7-24-41)55-38-53-56(48-30-13-12-29-47(48)55)49-31-15-17-33-51(49)57(53)50-32-16-14-28-45(50)46-36-35-43(37-52(46)57)59(42-25-8-3-9-26-42)54-34-18-20-39-19-10-11-27-44(39)54/h1-38H. The molecule has 0 saturated heterocycles. The molecule has 0 N–H and O–H groups in total. The van der Waals surface area contributed by atoms with Gasteiger partial charge in [-0.25, -0.2) is 0 Å². The predicted molar refractivity (Wildman–Crippen MR) is 247 cm³/mol. The van der Waals surface area contributed by atoms with Gasteiger partial charge in [0.2, 0.25) is 0 Å². The summed E-state index contributed by atoms with van der Waals surface area (Å²) in [5.41, 5.74) is 16.6. The molecule has 0 heterocycles. The molecule has 2 nitrogen and oxygen atoms in total. The van der Waals surface area contributed by atoms with E-state index in [1.165, 1.54) is 66.1 Å². The van der Waals surface area contributed by atoms with E-state index >= 15 is 0 Å². The zero-order valence-electron chi connectivity index (χ0n) is 32.3. The van der Waals surface area contributed by atoms with Crippen molar-refractivity contribution in [2.75, 3.05) is 9.80 Å². The lowest BCUT2D eigenvalue weighted by Crippen LogP contribution is -2.26. The van der Waals surface area contributed by atoms with Gasteiger partial charge in [-0.05, 0) is 116 Å². The van der Waals surface area contributed by atoms with Crippen molar-refractivity contribution in [2.45, 2.75) is 5.41 Å². The van der Waals surface area contributed by atoms with Crippen LogP contribution in [-0.2, 0) is 5.41 Å². The summed E-state index contributed by atoms with van der Waals surface area (Å²) in [4.78, 5) is 4.88. The van der Waals surface area contributed by atoms with Crippen LogP contribution in [-0.4, -0.2) is 0 Å². The second kappa shape index (κ2) is 13.2. The molecule has 2 aliphatic rings. The zero-order chi connectivity index (χ0) is 38.9. The molecule has 0 saturated carbocycles. The SMILES string of the molecule is c1ccc(N(c2ccc3c(c2)C2(c4ccccc4-3)c3ccccc3-c3c2cc(N(c2ccccc2)c2ccccc2)c2ccccc32)c2cccc3ccccc23)cc1. The first-order valence-electron chi connectivity index (χ1n) is 20.4. The van der Waals surface area contributed by atoms with Crippen molar-refractivity contribution < 1.29 is 0 Å². The molecule has 1 unspecified atom stereocenters. The van der Waals surface area contributed by atoms with E-state index in [9.17, 15) is 0 Å². The molecule has 0 radical (unpaired) electrons. The van der Waals surface area contributed by atoms with Crippen LogP contribution in [0.3, 0.4) is 0 Å². The smallest absolute Gasteiger partial charge is 0.0727 e. The summed E-state index contributed by atoms with van der Waals surface area (Å²) in [6, 6.07) is 84.8. The van der Waals surface area contributed by atoms with Crippen molar-refractivity contribution >= 4 is 55.7 Å². The fraction of sp³-hybridized carbons (Fsp3) is 0.0175. The Morgan fingerprint density at radius 2 is 0.763 bits per heavy atom.